The van der Waals surface area contributed by atoms with Gasteiger partial charge in [0.05, 0.1) is 0 Å². The number of aromatic hydroxyl groups is 4. The van der Waals surface area contributed by atoms with Gasteiger partial charge in [0.2, 0.25) is 5.75 Å². The molecule has 6 nitrogen and oxygen atoms in total. The Kier molecular flexibility index (Phi) is 2.92. The Bertz CT molecular complexity index is 697. The van der Waals surface area contributed by atoms with Crippen molar-refractivity contribution in [3.05, 3.63) is 41.5 Å². The van der Waals surface area contributed by atoms with Crippen LogP contribution in [0.3, 0.4) is 0 Å². The standard InChI is InChI=1S/C15H12O6/c16-8-4-11(18)9-6-13(20)15(21-14(9)5-8)7-1-2-10(17)12(19)3-7/h3-5,13,15-20H,6H2. The minimum atomic E-state index is -0.985. The molecule has 3 rings (SSSR count). The predicted molar refractivity (Wildman–Crippen MR) is 70.3 cm³/mol. The number of phenols is 2. The third-order valence-corrected chi connectivity index (χ3v) is 3.35. The molecule has 0 aliphatic carbocycles. The van der Waals surface area contributed by atoms with E-state index >= 15 is 0 Å². The summed E-state index contributed by atoms with van der Waals surface area (Å²) in [5.41, 5.74) is 0.690. The first-order chi connectivity index (χ1) is 9.95. The van der Waals surface area contributed by atoms with Crippen LogP contribution in [0.5, 0.6) is 28.7 Å². The minimum Gasteiger partial charge on any atom is -0.508 e. The van der Waals surface area contributed by atoms with Gasteiger partial charge in [0.25, 0.3) is 0 Å². The molecule has 2 unspecified atom stereocenters. The summed E-state index contributed by atoms with van der Waals surface area (Å²) in [5, 5.41) is 48.1. The highest BCUT2D eigenvalue weighted by molar-refractivity contribution is 5.51. The largest absolute Gasteiger partial charge is 0.508 e. The lowest BCUT2D eigenvalue weighted by Gasteiger charge is -2.30. The van der Waals surface area contributed by atoms with Gasteiger partial charge in [-0.1, -0.05) is 6.07 Å². The molecule has 6 heteroatoms. The van der Waals surface area contributed by atoms with Crippen molar-refractivity contribution in [2.45, 2.75) is 18.6 Å². The van der Waals surface area contributed by atoms with Gasteiger partial charge in [0.15, 0.2) is 11.9 Å². The molecule has 0 fully saturated rings. The van der Waals surface area contributed by atoms with E-state index in [0.717, 1.165) is 0 Å². The molecule has 2 atom stereocenters. The summed E-state index contributed by atoms with van der Waals surface area (Å²) in [6.07, 6.45) is -1.73. The van der Waals surface area contributed by atoms with Crippen molar-refractivity contribution in [3.63, 3.8) is 0 Å². The number of hydrogen-bond acceptors (Lipinski definition) is 6. The summed E-state index contributed by atoms with van der Waals surface area (Å²) < 4.78 is 5.57. The number of fused-ring (bicyclic) bond motifs is 1. The SMILES string of the molecule is Oc1cc(O)c2c(c1)OC(c1c#cc(O)c(O)c1)C(O)C2. The van der Waals surface area contributed by atoms with Gasteiger partial charge in [-0.15, -0.1) is 0 Å². The smallest absolute Gasteiger partial charge is 0.210 e. The summed E-state index contributed by atoms with van der Waals surface area (Å²) in [7, 11) is 0. The first-order valence-corrected chi connectivity index (χ1v) is 6.21. The molecule has 0 amide bonds. The van der Waals surface area contributed by atoms with Gasteiger partial charge in [0, 0.05) is 29.7 Å². The molecular weight excluding hydrogens is 276 g/mol. The maximum absolute atomic E-state index is 10.1. The van der Waals surface area contributed by atoms with Crippen LogP contribution in [0.2, 0.25) is 0 Å². The number of ether oxygens (including phenoxy) is 1. The zero-order valence-electron chi connectivity index (χ0n) is 10.7. The van der Waals surface area contributed by atoms with Crippen molar-refractivity contribution in [2.24, 2.45) is 0 Å². The second kappa shape index (κ2) is 4.65. The van der Waals surface area contributed by atoms with E-state index in [0.29, 0.717) is 11.1 Å². The van der Waals surface area contributed by atoms with Gasteiger partial charge in [-0.05, 0) is 12.1 Å². The molecule has 1 aliphatic rings. The third-order valence-electron chi connectivity index (χ3n) is 3.35. The van der Waals surface area contributed by atoms with Crippen LogP contribution < -0.4 is 4.74 Å². The second-order valence-corrected chi connectivity index (χ2v) is 4.84. The Morgan fingerprint density at radius 3 is 2.48 bits per heavy atom. The molecule has 0 aromatic heterocycles. The van der Waals surface area contributed by atoms with Crippen molar-refractivity contribution in [1.29, 1.82) is 0 Å². The molecule has 5 N–H and O–H groups in total. The van der Waals surface area contributed by atoms with Crippen LogP contribution in [0.25, 0.3) is 0 Å². The molecule has 2 aromatic carbocycles. The number of aliphatic hydroxyl groups is 1. The maximum Gasteiger partial charge on any atom is 0.210 e. The van der Waals surface area contributed by atoms with Gasteiger partial charge in [0.1, 0.15) is 23.4 Å². The Morgan fingerprint density at radius 2 is 1.76 bits per heavy atom. The van der Waals surface area contributed by atoms with Crippen molar-refractivity contribution in [3.8, 4) is 28.7 Å². The van der Waals surface area contributed by atoms with Crippen molar-refractivity contribution in [1.82, 2.24) is 0 Å². The lowest BCUT2D eigenvalue weighted by Crippen LogP contribution is -2.30. The summed E-state index contributed by atoms with van der Waals surface area (Å²) in [6, 6.07) is 8.63. The zero-order valence-corrected chi connectivity index (χ0v) is 10.7. The highest BCUT2D eigenvalue weighted by atomic mass is 16.5. The molecule has 0 spiro atoms. The van der Waals surface area contributed by atoms with E-state index in [2.05, 4.69) is 12.1 Å². The fourth-order valence-electron chi connectivity index (χ4n) is 2.33. The van der Waals surface area contributed by atoms with Crippen LogP contribution in [0.1, 0.15) is 17.2 Å². The molecule has 0 radical (unpaired) electrons. The van der Waals surface area contributed by atoms with Crippen LogP contribution >= 0.6 is 0 Å². The molecule has 1 aliphatic heterocycles. The first-order valence-electron chi connectivity index (χ1n) is 6.21. The number of aliphatic hydroxyl groups excluding tert-OH is 1. The maximum atomic E-state index is 10.1. The van der Waals surface area contributed by atoms with Crippen LogP contribution in [0.4, 0.5) is 0 Å². The zero-order chi connectivity index (χ0) is 15.1. The summed E-state index contributed by atoms with van der Waals surface area (Å²) >= 11 is 0. The Morgan fingerprint density at radius 1 is 1.00 bits per heavy atom. The van der Waals surface area contributed by atoms with E-state index in [4.69, 9.17) is 4.74 Å². The van der Waals surface area contributed by atoms with Gasteiger partial charge >= 0.3 is 0 Å². The molecular formula is C15H12O6. The van der Waals surface area contributed by atoms with Crippen LogP contribution in [0, 0.1) is 12.1 Å². The lowest BCUT2D eigenvalue weighted by molar-refractivity contribution is 0.0197. The molecule has 21 heavy (non-hydrogen) atoms. The van der Waals surface area contributed by atoms with E-state index in [1.807, 2.05) is 0 Å². The number of phenolic OH excluding ortho intramolecular Hbond substituents is 2. The average Bonchev–Trinajstić information content (AvgIpc) is 2.42. The van der Waals surface area contributed by atoms with E-state index in [9.17, 15) is 25.5 Å². The molecule has 108 valence electrons. The van der Waals surface area contributed by atoms with E-state index in [1.54, 1.807) is 0 Å². The highest BCUT2D eigenvalue weighted by Gasteiger charge is 2.32. The number of hydrogen-bond donors (Lipinski definition) is 5. The first kappa shape index (κ1) is 13.2. The Labute approximate surface area is 120 Å². The van der Waals surface area contributed by atoms with Gasteiger partial charge in [-0.2, -0.15) is 0 Å². The Balaban J connectivity index is 2.00. The van der Waals surface area contributed by atoms with E-state index < -0.39 is 23.7 Å². The van der Waals surface area contributed by atoms with Crippen LogP contribution in [-0.2, 0) is 6.42 Å². The monoisotopic (exact) mass is 288 g/mol. The highest BCUT2D eigenvalue weighted by Crippen LogP contribution is 2.42. The molecule has 2 aromatic rings. The third kappa shape index (κ3) is 2.24. The van der Waals surface area contributed by atoms with Crippen LogP contribution in [0.15, 0.2) is 18.2 Å². The minimum absolute atomic E-state index is 0.113. The summed E-state index contributed by atoms with van der Waals surface area (Å²) in [5.74, 6) is -0.926. The predicted octanol–water partition coefficient (Wildman–Crippen LogP) is 1.15. The van der Waals surface area contributed by atoms with Crippen molar-refractivity contribution >= 4 is 0 Å². The molecule has 0 saturated heterocycles. The number of benzene rings is 1. The van der Waals surface area contributed by atoms with Gasteiger partial charge in [-0.3, -0.25) is 0 Å². The second-order valence-electron chi connectivity index (χ2n) is 4.84. The fourth-order valence-corrected chi connectivity index (χ4v) is 2.33. The average molecular weight is 288 g/mol. The van der Waals surface area contributed by atoms with Gasteiger partial charge in [-0.25, -0.2) is 0 Å². The quantitative estimate of drug-likeness (QED) is 0.538. The number of rotatable bonds is 1. The van der Waals surface area contributed by atoms with Gasteiger partial charge < -0.3 is 30.3 Å². The van der Waals surface area contributed by atoms with E-state index in [1.165, 1.54) is 18.2 Å². The topological polar surface area (TPSA) is 110 Å². The molecule has 0 bridgehead atoms. The normalized spacial score (nSPS) is 20.2. The molecule has 1 heterocycles. The summed E-state index contributed by atoms with van der Waals surface area (Å²) in [6.45, 7) is 0. The van der Waals surface area contributed by atoms with Crippen LogP contribution in [-0.4, -0.2) is 31.6 Å². The van der Waals surface area contributed by atoms with Crippen molar-refractivity contribution in [2.75, 3.05) is 0 Å². The Hall–Kier alpha value is -2.78. The lowest BCUT2D eigenvalue weighted by atomic mass is 9.94. The fraction of sp³-hybridized carbons (Fsp3) is 0.200. The summed E-state index contributed by atoms with van der Waals surface area (Å²) in [4.78, 5) is 0. The van der Waals surface area contributed by atoms with Crippen molar-refractivity contribution < 1.29 is 30.3 Å². The van der Waals surface area contributed by atoms with E-state index in [-0.39, 0.29) is 23.7 Å². The molecule has 0 saturated carbocycles.